The van der Waals surface area contributed by atoms with Gasteiger partial charge in [-0.1, -0.05) is 26.0 Å². The van der Waals surface area contributed by atoms with Gasteiger partial charge in [-0.2, -0.15) is 0 Å². The molecule has 2 nitrogen and oxygen atoms in total. The van der Waals surface area contributed by atoms with Crippen molar-refractivity contribution in [3.05, 3.63) is 29.8 Å². The lowest BCUT2D eigenvalue weighted by Gasteiger charge is -2.16. The molecule has 1 aromatic rings. The average Bonchev–Trinajstić information content (AvgIpc) is 2.58. The second-order valence-corrected chi connectivity index (χ2v) is 5.17. The highest BCUT2D eigenvalue weighted by Crippen LogP contribution is 2.25. The van der Waals surface area contributed by atoms with Gasteiger partial charge in [-0.15, -0.1) is 11.6 Å². The molecule has 1 aliphatic rings. The van der Waals surface area contributed by atoms with E-state index in [4.69, 9.17) is 11.6 Å². The van der Waals surface area contributed by atoms with Gasteiger partial charge in [-0.25, -0.2) is 0 Å². The monoisotopic (exact) mass is 237 g/mol. The van der Waals surface area contributed by atoms with Gasteiger partial charge in [0.1, 0.15) is 0 Å². The first-order valence-corrected chi connectivity index (χ1v) is 6.06. The Labute approximate surface area is 101 Å². The van der Waals surface area contributed by atoms with Crippen LogP contribution in [0.15, 0.2) is 24.3 Å². The molecular weight excluding hydrogens is 222 g/mol. The summed E-state index contributed by atoms with van der Waals surface area (Å²) in [5, 5.41) is -0.0442. The van der Waals surface area contributed by atoms with Gasteiger partial charge in [0.2, 0.25) is 5.91 Å². The molecule has 1 heterocycles. The van der Waals surface area contributed by atoms with Crippen molar-refractivity contribution in [2.75, 3.05) is 11.4 Å². The Hall–Kier alpha value is -1.02. The Morgan fingerprint density at radius 3 is 2.38 bits per heavy atom. The van der Waals surface area contributed by atoms with Gasteiger partial charge >= 0.3 is 0 Å². The lowest BCUT2D eigenvalue weighted by Crippen LogP contribution is -2.24. The van der Waals surface area contributed by atoms with Crippen LogP contribution in [0.1, 0.15) is 31.7 Å². The van der Waals surface area contributed by atoms with E-state index in [0.29, 0.717) is 18.9 Å². The van der Waals surface area contributed by atoms with E-state index >= 15 is 0 Å². The molecular formula is C13H16ClNO. The van der Waals surface area contributed by atoms with E-state index < -0.39 is 0 Å². The van der Waals surface area contributed by atoms with Crippen LogP contribution in [0.25, 0.3) is 0 Å². The maximum Gasteiger partial charge on any atom is 0.228 e. The van der Waals surface area contributed by atoms with Crippen LogP contribution in [-0.2, 0) is 4.79 Å². The topological polar surface area (TPSA) is 20.3 Å². The largest absolute Gasteiger partial charge is 0.311 e. The number of carbonyl (C=O) groups excluding carboxylic acids is 1. The summed E-state index contributed by atoms with van der Waals surface area (Å²) in [5.74, 6) is 0.640. The molecule has 1 saturated heterocycles. The van der Waals surface area contributed by atoms with Crippen molar-refractivity contribution >= 4 is 23.2 Å². The van der Waals surface area contributed by atoms with Gasteiger partial charge in [0, 0.05) is 18.7 Å². The third-order valence-corrected chi connectivity index (χ3v) is 3.24. The summed E-state index contributed by atoms with van der Waals surface area (Å²) in [6, 6.07) is 8.16. The van der Waals surface area contributed by atoms with E-state index in [1.54, 1.807) is 4.90 Å². The molecule has 0 N–H and O–H groups in total. The predicted molar refractivity (Wildman–Crippen MR) is 67.1 cm³/mol. The first-order valence-electron chi connectivity index (χ1n) is 5.62. The molecule has 0 aliphatic carbocycles. The summed E-state index contributed by atoms with van der Waals surface area (Å²) in [6.45, 7) is 4.94. The van der Waals surface area contributed by atoms with Crippen molar-refractivity contribution in [2.24, 2.45) is 0 Å². The summed E-state index contributed by atoms with van der Waals surface area (Å²) in [5.41, 5.74) is 2.25. The quantitative estimate of drug-likeness (QED) is 0.724. The van der Waals surface area contributed by atoms with E-state index in [0.717, 1.165) is 5.69 Å². The molecule has 0 radical (unpaired) electrons. The molecule has 1 aromatic carbocycles. The molecule has 2 rings (SSSR count). The summed E-state index contributed by atoms with van der Waals surface area (Å²) in [6.07, 6.45) is 0.452. The van der Waals surface area contributed by atoms with Crippen molar-refractivity contribution in [3.8, 4) is 0 Å². The zero-order valence-electron chi connectivity index (χ0n) is 9.61. The number of carbonyl (C=O) groups is 1. The zero-order chi connectivity index (χ0) is 11.7. The minimum absolute atomic E-state index is 0.0442. The maximum atomic E-state index is 11.6. The van der Waals surface area contributed by atoms with Crippen molar-refractivity contribution < 1.29 is 4.79 Å². The molecule has 1 unspecified atom stereocenters. The second kappa shape index (κ2) is 4.46. The Morgan fingerprint density at radius 2 is 1.94 bits per heavy atom. The van der Waals surface area contributed by atoms with Crippen LogP contribution in [0.4, 0.5) is 5.69 Å². The van der Waals surface area contributed by atoms with Crippen LogP contribution in [-0.4, -0.2) is 17.8 Å². The van der Waals surface area contributed by atoms with Crippen LogP contribution in [0, 0.1) is 0 Å². The van der Waals surface area contributed by atoms with Gasteiger partial charge in [0.15, 0.2) is 0 Å². The van der Waals surface area contributed by atoms with Crippen LogP contribution >= 0.6 is 11.6 Å². The number of nitrogens with zero attached hydrogens (tertiary/aromatic N) is 1. The van der Waals surface area contributed by atoms with Crippen LogP contribution in [0.2, 0.25) is 0 Å². The molecule has 1 aliphatic heterocycles. The number of rotatable bonds is 2. The zero-order valence-corrected chi connectivity index (χ0v) is 10.4. The normalized spacial score (nSPS) is 20.9. The van der Waals surface area contributed by atoms with Crippen molar-refractivity contribution in [1.82, 2.24) is 0 Å². The van der Waals surface area contributed by atoms with Gasteiger partial charge in [-0.3, -0.25) is 4.79 Å². The third-order valence-electron chi connectivity index (χ3n) is 2.95. The van der Waals surface area contributed by atoms with E-state index in [1.165, 1.54) is 5.56 Å². The smallest absolute Gasteiger partial charge is 0.228 e. The lowest BCUT2D eigenvalue weighted by atomic mass is 10.0. The fourth-order valence-corrected chi connectivity index (χ4v) is 2.22. The summed E-state index contributed by atoms with van der Waals surface area (Å²) in [7, 11) is 0. The average molecular weight is 238 g/mol. The van der Waals surface area contributed by atoms with E-state index in [1.807, 2.05) is 12.1 Å². The third kappa shape index (κ3) is 2.22. The van der Waals surface area contributed by atoms with Gasteiger partial charge < -0.3 is 4.90 Å². The first-order chi connectivity index (χ1) is 7.58. The molecule has 16 heavy (non-hydrogen) atoms. The molecule has 0 spiro atoms. The molecule has 1 atom stereocenters. The Kier molecular flexibility index (Phi) is 3.20. The molecule has 3 heteroatoms. The van der Waals surface area contributed by atoms with Gasteiger partial charge in [0.05, 0.1) is 5.38 Å². The molecule has 86 valence electrons. The van der Waals surface area contributed by atoms with Crippen LogP contribution in [0.3, 0.4) is 0 Å². The molecule has 0 bridgehead atoms. The number of anilines is 1. The lowest BCUT2D eigenvalue weighted by molar-refractivity contribution is -0.117. The summed E-state index contributed by atoms with van der Waals surface area (Å²) < 4.78 is 0. The number of benzene rings is 1. The SMILES string of the molecule is CC(C)c1ccc(N2CC(Cl)CC2=O)cc1. The van der Waals surface area contributed by atoms with Gasteiger partial charge in [-0.05, 0) is 23.6 Å². The summed E-state index contributed by atoms with van der Waals surface area (Å²) in [4.78, 5) is 13.4. The fourth-order valence-electron chi connectivity index (χ4n) is 1.95. The number of alkyl halides is 1. The number of halogens is 1. The minimum atomic E-state index is -0.0442. The molecule has 1 fully saturated rings. The van der Waals surface area contributed by atoms with Crippen LogP contribution in [0.5, 0.6) is 0 Å². The Bertz CT molecular complexity index is 385. The standard InChI is InChI=1S/C13H16ClNO/c1-9(2)10-3-5-12(6-4-10)15-8-11(14)7-13(15)16/h3-6,9,11H,7-8H2,1-2H3. The van der Waals surface area contributed by atoms with E-state index in [2.05, 4.69) is 26.0 Å². The molecule has 0 aromatic heterocycles. The number of amides is 1. The van der Waals surface area contributed by atoms with Crippen molar-refractivity contribution in [1.29, 1.82) is 0 Å². The highest BCUT2D eigenvalue weighted by atomic mass is 35.5. The minimum Gasteiger partial charge on any atom is -0.311 e. The van der Waals surface area contributed by atoms with Crippen molar-refractivity contribution in [2.45, 2.75) is 31.6 Å². The highest BCUT2D eigenvalue weighted by Gasteiger charge is 2.28. The predicted octanol–water partition coefficient (Wildman–Crippen LogP) is 3.15. The fraction of sp³-hybridized carbons (Fsp3) is 0.462. The molecule has 1 amide bonds. The number of hydrogen-bond donors (Lipinski definition) is 0. The second-order valence-electron chi connectivity index (χ2n) is 4.55. The Balaban J connectivity index is 2.19. The van der Waals surface area contributed by atoms with Crippen LogP contribution < -0.4 is 4.90 Å². The van der Waals surface area contributed by atoms with E-state index in [-0.39, 0.29) is 11.3 Å². The number of hydrogen-bond acceptors (Lipinski definition) is 1. The summed E-state index contributed by atoms with van der Waals surface area (Å²) >= 11 is 5.97. The first kappa shape index (κ1) is 11.5. The maximum absolute atomic E-state index is 11.6. The molecule has 0 saturated carbocycles. The van der Waals surface area contributed by atoms with Gasteiger partial charge in [0.25, 0.3) is 0 Å². The Morgan fingerprint density at radius 1 is 1.31 bits per heavy atom. The van der Waals surface area contributed by atoms with E-state index in [9.17, 15) is 4.79 Å². The highest BCUT2D eigenvalue weighted by molar-refractivity contribution is 6.24. The van der Waals surface area contributed by atoms with Crippen molar-refractivity contribution in [3.63, 3.8) is 0 Å².